The lowest BCUT2D eigenvalue weighted by Gasteiger charge is -2.18. The third-order valence-electron chi connectivity index (χ3n) is 3.13. The lowest BCUT2D eigenvalue weighted by molar-refractivity contribution is -0.140. The number of hydrogen-bond acceptors (Lipinski definition) is 6. The van der Waals surface area contributed by atoms with Gasteiger partial charge in [-0.2, -0.15) is 5.26 Å². The van der Waals surface area contributed by atoms with Crippen LogP contribution in [0.15, 0.2) is 34.9 Å². The van der Waals surface area contributed by atoms with Gasteiger partial charge in [0.05, 0.1) is 11.6 Å². The molecule has 0 aliphatic rings. The fraction of sp³-hybridized carbons (Fsp3) is 0.412. The fourth-order valence-corrected chi connectivity index (χ4v) is 2.49. The molecule has 1 N–H and O–H groups in total. The molecule has 0 fully saturated rings. The summed E-state index contributed by atoms with van der Waals surface area (Å²) in [6.45, 7) is 4.61. The van der Waals surface area contributed by atoms with Gasteiger partial charge in [0.25, 0.3) is 0 Å². The molecule has 1 aromatic carbocycles. The van der Waals surface area contributed by atoms with Gasteiger partial charge in [-0.15, -0.1) is 11.8 Å². The zero-order valence-corrected chi connectivity index (χ0v) is 14.8. The number of ether oxygens (including phenoxy) is 2. The van der Waals surface area contributed by atoms with E-state index < -0.39 is 5.97 Å². The number of hydrogen-bond donors (Lipinski definition) is 1. The molecule has 0 amide bonds. The van der Waals surface area contributed by atoms with Gasteiger partial charge in [0.1, 0.15) is 18.5 Å². The molecule has 0 aliphatic heterocycles. The Morgan fingerprint density at radius 1 is 1.38 bits per heavy atom. The van der Waals surface area contributed by atoms with E-state index in [1.807, 2.05) is 19.9 Å². The SMILES string of the molecule is CCOCCOC(=O)/C(C#N)=C(\N[C@H](C)c1ccc(F)cc1)SC. The molecule has 1 aromatic rings. The monoisotopic (exact) mass is 352 g/mol. The van der Waals surface area contributed by atoms with Crippen LogP contribution in [0.25, 0.3) is 0 Å². The average molecular weight is 352 g/mol. The van der Waals surface area contributed by atoms with Crippen LogP contribution < -0.4 is 5.32 Å². The Morgan fingerprint density at radius 2 is 2.04 bits per heavy atom. The first-order chi connectivity index (χ1) is 11.5. The molecule has 0 saturated heterocycles. The molecule has 1 atom stereocenters. The van der Waals surface area contributed by atoms with E-state index in [9.17, 15) is 14.4 Å². The van der Waals surface area contributed by atoms with Crippen molar-refractivity contribution in [2.75, 3.05) is 26.1 Å². The quantitative estimate of drug-likeness (QED) is 0.319. The van der Waals surface area contributed by atoms with Gasteiger partial charge in [0.2, 0.25) is 0 Å². The molecule has 0 unspecified atom stereocenters. The number of rotatable bonds is 9. The second-order valence-corrected chi connectivity index (χ2v) is 5.59. The van der Waals surface area contributed by atoms with Crippen molar-refractivity contribution < 1.29 is 18.7 Å². The highest BCUT2D eigenvalue weighted by atomic mass is 32.2. The van der Waals surface area contributed by atoms with E-state index in [2.05, 4.69) is 5.32 Å². The zero-order chi connectivity index (χ0) is 17.9. The highest BCUT2D eigenvalue weighted by molar-refractivity contribution is 8.02. The van der Waals surface area contributed by atoms with Crippen molar-refractivity contribution >= 4 is 17.7 Å². The third kappa shape index (κ3) is 6.22. The van der Waals surface area contributed by atoms with Crippen molar-refractivity contribution in [1.29, 1.82) is 5.26 Å². The molecule has 5 nitrogen and oxygen atoms in total. The van der Waals surface area contributed by atoms with E-state index >= 15 is 0 Å². The largest absolute Gasteiger partial charge is 0.459 e. The molecule has 0 aromatic heterocycles. The Hall–Kier alpha value is -2.04. The Bertz CT molecular complexity index is 611. The summed E-state index contributed by atoms with van der Waals surface area (Å²) in [6.07, 6.45) is 1.75. The molecule has 0 bridgehead atoms. The first-order valence-electron chi connectivity index (χ1n) is 7.48. The number of carbonyl (C=O) groups excluding carboxylic acids is 1. The maximum atomic E-state index is 13.0. The van der Waals surface area contributed by atoms with Gasteiger partial charge in [-0.05, 0) is 37.8 Å². The Morgan fingerprint density at radius 3 is 2.58 bits per heavy atom. The molecule has 0 radical (unpaired) electrons. The van der Waals surface area contributed by atoms with Crippen LogP contribution in [-0.2, 0) is 14.3 Å². The highest BCUT2D eigenvalue weighted by Gasteiger charge is 2.18. The van der Waals surface area contributed by atoms with E-state index in [1.54, 1.807) is 18.4 Å². The molecule has 130 valence electrons. The van der Waals surface area contributed by atoms with Crippen molar-refractivity contribution in [3.05, 3.63) is 46.2 Å². The summed E-state index contributed by atoms with van der Waals surface area (Å²) in [5, 5.41) is 12.8. The Labute approximate surface area is 145 Å². The second-order valence-electron chi connectivity index (χ2n) is 4.77. The van der Waals surface area contributed by atoms with Crippen LogP contribution in [0.2, 0.25) is 0 Å². The summed E-state index contributed by atoms with van der Waals surface area (Å²) in [4.78, 5) is 12.0. The van der Waals surface area contributed by atoms with Crippen molar-refractivity contribution in [3.8, 4) is 6.07 Å². The normalized spacial score (nSPS) is 12.8. The molecule has 0 heterocycles. The van der Waals surface area contributed by atoms with Gasteiger partial charge in [0.15, 0.2) is 5.57 Å². The topological polar surface area (TPSA) is 71.3 Å². The van der Waals surface area contributed by atoms with Crippen LogP contribution in [0.1, 0.15) is 25.5 Å². The standard InChI is InChI=1S/C17H21FN2O3S/c1-4-22-9-10-23-17(21)15(11-19)16(24-3)20-12(2)13-5-7-14(18)8-6-13/h5-8,12,20H,4,9-10H2,1-3H3/b16-15+/t12-/m1/s1. The smallest absolute Gasteiger partial charge is 0.351 e. The molecule has 7 heteroatoms. The van der Waals surface area contributed by atoms with Gasteiger partial charge >= 0.3 is 5.97 Å². The third-order valence-corrected chi connectivity index (χ3v) is 3.86. The molecular weight excluding hydrogens is 331 g/mol. The molecular formula is C17H21FN2O3S. The maximum Gasteiger partial charge on any atom is 0.351 e. The Balaban J connectivity index is 2.81. The van der Waals surface area contributed by atoms with E-state index in [1.165, 1.54) is 23.9 Å². The van der Waals surface area contributed by atoms with Crippen LogP contribution in [0, 0.1) is 17.1 Å². The van der Waals surface area contributed by atoms with Crippen molar-refractivity contribution in [3.63, 3.8) is 0 Å². The van der Waals surface area contributed by atoms with Gasteiger partial charge < -0.3 is 14.8 Å². The lowest BCUT2D eigenvalue weighted by Crippen LogP contribution is -2.21. The van der Waals surface area contributed by atoms with E-state index in [4.69, 9.17) is 9.47 Å². The van der Waals surface area contributed by atoms with Crippen LogP contribution in [-0.4, -0.2) is 32.0 Å². The number of nitrogens with zero attached hydrogens (tertiary/aromatic N) is 1. The number of esters is 1. The van der Waals surface area contributed by atoms with Crippen LogP contribution >= 0.6 is 11.8 Å². The molecule has 0 aliphatic carbocycles. The van der Waals surface area contributed by atoms with E-state index in [0.717, 1.165) is 5.56 Å². The summed E-state index contributed by atoms with van der Waals surface area (Å²) in [7, 11) is 0. The second kappa shape index (κ2) is 10.7. The maximum absolute atomic E-state index is 13.0. The lowest BCUT2D eigenvalue weighted by atomic mass is 10.1. The average Bonchev–Trinajstić information content (AvgIpc) is 2.58. The number of carbonyl (C=O) groups is 1. The van der Waals surface area contributed by atoms with Gasteiger partial charge in [-0.1, -0.05) is 12.1 Å². The summed E-state index contributed by atoms with van der Waals surface area (Å²) in [6, 6.07) is 7.71. The molecule has 1 rings (SSSR count). The molecule has 0 spiro atoms. The zero-order valence-electron chi connectivity index (χ0n) is 14.0. The summed E-state index contributed by atoms with van der Waals surface area (Å²) in [5.41, 5.74) is 0.748. The molecule has 24 heavy (non-hydrogen) atoms. The van der Waals surface area contributed by atoms with Crippen molar-refractivity contribution in [2.24, 2.45) is 0 Å². The minimum absolute atomic E-state index is 0.0899. The van der Waals surface area contributed by atoms with Gasteiger partial charge in [-0.3, -0.25) is 0 Å². The fourth-order valence-electron chi connectivity index (χ4n) is 1.86. The minimum atomic E-state index is -0.694. The Kier molecular flexibility index (Phi) is 8.90. The summed E-state index contributed by atoms with van der Waals surface area (Å²) in [5.74, 6) is -1.01. The van der Waals surface area contributed by atoms with Gasteiger partial charge in [0, 0.05) is 12.6 Å². The van der Waals surface area contributed by atoms with Crippen LogP contribution in [0.4, 0.5) is 4.39 Å². The predicted octanol–water partition coefficient (Wildman–Crippen LogP) is 3.15. The van der Waals surface area contributed by atoms with Crippen LogP contribution in [0.5, 0.6) is 0 Å². The van der Waals surface area contributed by atoms with E-state index in [-0.39, 0.29) is 30.6 Å². The van der Waals surface area contributed by atoms with Gasteiger partial charge in [-0.25, -0.2) is 9.18 Å². The summed E-state index contributed by atoms with van der Waals surface area (Å²) >= 11 is 1.24. The van der Waals surface area contributed by atoms with E-state index in [0.29, 0.717) is 11.6 Å². The first kappa shape index (κ1) is 20.0. The predicted molar refractivity (Wildman–Crippen MR) is 91.6 cm³/mol. The number of halogens is 1. The summed E-state index contributed by atoms with van der Waals surface area (Å²) < 4.78 is 23.1. The number of nitriles is 1. The minimum Gasteiger partial charge on any atom is -0.459 e. The van der Waals surface area contributed by atoms with Crippen molar-refractivity contribution in [2.45, 2.75) is 19.9 Å². The first-order valence-corrected chi connectivity index (χ1v) is 8.71. The molecule has 0 saturated carbocycles. The number of nitrogens with one attached hydrogen (secondary N) is 1. The number of benzene rings is 1. The van der Waals surface area contributed by atoms with Crippen molar-refractivity contribution in [1.82, 2.24) is 5.32 Å². The number of thioether (sulfide) groups is 1. The van der Waals surface area contributed by atoms with Crippen LogP contribution in [0.3, 0.4) is 0 Å². The highest BCUT2D eigenvalue weighted by Crippen LogP contribution is 2.21.